The van der Waals surface area contributed by atoms with Crippen LogP contribution >= 0.6 is 0 Å². The van der Waals surface area contributed by atoms with Gasteiger partial charge in [0.2, 0.25) is 0 Å². The van der Waals surface area contributed by atoms with Crippen LogP contribution in [0.3, 0.4) is 0 Å². The Morgan fingerprint density at radius 2 is 1.64 bits per heavy atom. The standard InChI is InChI=1S/C10H14O4/c1-4-7-8(9(11)13-5-2)10(12)14-6-3/h5-6,8H,2-4,7H2,1H3. The lowest BCUT2D eigenvalue weighted by Crippen LogP contribution is -2.25. The molecule has 0 aliphatic carbocycles. The molecule has 0 amide bonds. The van der Waals surface area contributed by atoms with Gasteiger partial charge in [0.15, 0.2) is 5.92 Å². The molecular formula is C10H14O4. The number of ether oxygens (including phenoxy) is 2. The van der Waals surface area contributed by atoms with E-state index in [0.29, 0.717) is 12.8 Å². The Morgan fingerprint density at radius 3 is 1.93 bits per heavy atom. The molecule has 0 N–H and O–H groups in total. The summed E-state index contributed by atoms with van der Waals surface area (Å²) in [6.45, 7) is 8.32. The predicted molar refractivity (Wildman–Crippen MR) is 51.0 cm³/mol. The zero-order chi connectivity index (χ0) is 11.0. The highest BCUT2D eigenvalue weighted by atomic mass is 16.5. The van der Waals surface area contributed by atoms with Crippen molar-refractivity contribution in [1.82, 2.24) is 0 Å². The number of esters is 2. The highest BCUT2D eigenvalue weighted by molar-refractivity contribution is 5.95. The zero-order valence-corrected chi connectivity index (χ0v) is 8.19. The SMILES string of the molecule is C=COC(=O)C(CCC)C(=O)OC=C. The van der Waals surface area contributed by atoms with E-state index in [4.69, 9.17) is 0 Å². The molecular weight excluding hydrogens is 184 g/mol. The van der Waals surface area contributed by atoms with Crippen molar-refractivity contribution < 1.29 is 19.1 Å². The molecule has 0 rings (SSSR count). The minimum atomic E-state index is -0.893. The summed E-state index contributed by atoms with van der Waals surface area (Å²) in [6, 6.07) is 0. The first-order valence-electron chi connectivity index (χ1n) is 4.30. The molecule has 4 heteroatoms. The van der Waals surface area contributed by atoms with Gasteiger partial charge in [0.25, 0.3) is 0 Å². The van der Waals surface area contributed by atoms with E-state index in [1.165, 1.54) is 0 Å². The van der Waals surface area contributed by atoms with Crippen LogP contribution in [0.15, 0.2) is 25.7 Å². The summed E-state index contributed by atoms with van der Waals surface area (Å²) in [5.41, 5.74) is 0. The van der Waals surface area contributed by atoms with Gasteiger partial charge in [-0.25, -0.2) is 0 Å². The van der Waals surface area contributed by atoms with Gasteiger partial charge < -0.3 is 9.47 Å². The van der Waals surface area contributed by atoms with Gasteiger partial charge in [0.05, 0.1) is 12.5 Å². The third-order valence-corrected chi connectivity index (χ3v) is 1.55. The molecule has 0 aliphatic rings. The highest BCUT2D eigenvalue weighted by Crippen LogP contribution is 2.11. The van der Waals surface area contributed by atoms with Gasteiger partial charge >= 0.3 is 11.9 Å². The maximum atomic E-state index is 11.2. The van der Waals surface area contributed by atoms with Crippen molar-refractivity contribution in [1.29, 1.82) is 0 Å². The summed E-state index contributed by atoms with van der Waals surface area (Å²) < 4.78 is 9.03. The molecule has 0 unspecified atom stereocenters. The van der Waals surface area contributed by atoms with Gasteiger partial charge in [0.1, 0.15) is 0 Å². The van der Waals surface area contributed by atoms with E-state index < -0.39 is 17.9 Å². The third-order valence-electron chi connectivity index (χ3n) is 1.55. The summed E-state index contributed by atoms with van der Waals surface area (Å²) in [7, 11) is 0. The van der Waals surface area contributed by atoms with Crippen LogP contribution in [0.2, 0.25) is 0 Å². The first kappa shape index (κ1) is 12.4. The average molecular weight is 198 g/mol. The van der Waals surface area contributed by atoms with Gasteiger partial charge in [-0.15, -0.1) is 0 Å². The first-order chi connectivity index (χ1) is 6.67. The molecule has 0 spiro atoms. The maximum absolute atomic E-state index is 11.2. The average Bonchev–Trinajstić information content (AvgIpc) is 2.14. The third kappa shape index (κ3) is 3.89. The largest absolute Gasteiger partial charge is 0.434 e. The van der Waals surface area contributed by atoms with Crippen molar-refractivity contribution in [2.75, 3.05) is 0 Å². The fourth-order valence-corrected chi connectivity index (χ4v) is 0.949. The Morgan fingerprint density at radius 1 is 1.21 bits per heavy atom. The fraction of sp³-hybridized carbons (Fsp3) is 0.400. The normalized spacial score (nSPS) is 9.29. The van der Waals surface area contributed by atoms with Crippen molar-refractivity contribution in [2.24, 2.45) is 5.92 Å². The molecule has 0 aromatic rings. The number of carbonyl (C=O) groups is 2. The second kappa shape index (κ2) is 6.88. The molecule has 14 heavy (non-hydrogen) atoms. The maximum Gasteiger partial charge on any atom is 0.325 e. The number of hydrogen-bond donors (Lipinski definition) is 0. The molecule has 4 nitrogen and oxygen atoms in total. The summed E-state index contributed by atoms with van der Waals surface area (Å²) in [6.07, 6.45) is 3.06. The zero-order valence-electron chi connectivity index (χ0n) is 8.19. The molecule has 0 radical (unpaired) electrons. The van der Waals surface area contributed by atoms with E-state index in [1.54, 1.807) is 0 Å². The number of carbonyl (C=O) groups excluding carboxylic acids is 2. The summed E-state index contributed by atoms with van der Waals surface area (Å²) in [5, 5.41) is 0. The van der Waals surface area contributed by atoms with Crippen molar-refractivity contribution in [3.05, 3.63) is 25.7 Å². The van der Waals surface area contributed by atoms with E-state index in [-0.39, 0.29) is 0 Å². The van der Waals surface area contributed by atoms with Crippen LogP contribution in [0.25, 0.3) is 0 Å². The number of hydrogen-bond acceptors (Lipinski definition) is 4. The van der Waals surface area contributed by atoms with Gasteiger partial charge in [-0.05, 0) is 6.42 Å². The smallest absolute Gasteiger partial charge is 0.325 e. The second-order valence-electron chi connectivity index (χ2n) is 2.55. The Hall–Kier alpha value is -1.58. The van der Waals surface area contributed by atoms with Crippen LogP contribution in [0, 0.1) is 5.92 Å². The quantitative estimate of drug-likeness (QED) is 0.371. The van der Waals surface area contributed by atoms with Crippen LogP contribution in [0.4, 0.5) is 0 Å². The van der Waals surface area contributed by atoms with E-state index in [1.807, 2.05) is 6.92 Å². The summed E-state index contributed by atoms with van der Waals surface area (Å²) in [5.74, 6) is -2.18. The topological polar surface area (TPSA) is 52.6 Å². The predicted octanol–water partition coefficient (Wildman–Crippen LogP) is 1.78. The van der Waals surface area contributed by atoms with E-state index in [2.05, 4.69) is 22.6 Å². The van der Waals surface area contributed by atoms with E-state index in [0.717, 1.165) is 12.5 Å². The van der Waals surface area contributed by atoms with Crippen LogP contribution in [-0.4, -0.2) is 11.9 Å². The monoisotopic (exact) mass is 198 g/mol. The Balaban J connectivity index is 4.39. The molecule has 0 atom stereocenters. The molecule has 0 heterocycles. The van der Waals surface area contributed by atoms with Gasteiger partial charge in [-0.1, -0.05) is 26.5 Å². The lowest BCUT2D eigenvalue weighted by atomic mass is 10.0. The molecule has 0 aliphatic heterocycles. The molecule has 0 bridgehead atoms. The van der Waals surface area contributed by atoms with Crippen molar-refractivity contribution in [2.45, 2.75) is 19.8 Å². The Labute approximate surface area is 83.2 Å². The minimum absolute atomic E-state index is 0.388. The van der Waals surface area contributed by atoms with Crippen LogP contribution in [0.1, 0.15) is 19.8 Å². The summed E-state index contributed by atoms with van der Waals surface area (Å²) >= 11 is 0. The van der Waals surface area contributed by atoms with Gasteiger partial charge in [0, 0.05) is 0 Å². The Kier molecular flexibility index (Phi) is 6.11. The van der Waals surface area contributed by atoms with E-state index >= 15 is 0 Å². The lowest BCUT2D eigenvalue weighted by molar-refractivity contribution is -0.155. The van der Waals surface area contributed by atoms with Crippen molar-refractivity contribution in [3.63, 3.8) is 0 Å². The van der Waals surface area contributed by atoms with Crippen LogP contribution < -0.4 is 0 Å². The molecule has 0 aromatic heterocycles. The van der Waals surface area contributed by atoms with Crippen LogP contribution in [-0.2, 0) is 19.1 Å². The van der Waals surface area contributed by atoms with Crippen molar-refractivity contribution in [3.8, 4) is 0 Å². The summed E-state index contributed by atoms with van der Waals surface area (Å²) in [4.78, 5) is 22.4. The molecule has 0 saturated carbocycles. The molecule has 0 fully saturated rings. The second-order valence-corrected chi connectivity index (χ2v) is 2.55. The lowest BCUT2D eigenvalue weighted by Gasteiger charge is -2.10. The number of rotatable bonds is 6. The fourth-order valence-electron chi connectivity index (χ4n) is 0.949. The molecule has 0 saturated heterocycles. The van der Waals surface area contributed by atoms with Gasteiger partial charge in [-0.2, -0.15) is 0 Å². The first-order valence-corrected chi connectivity index (χ1v) is 4.30. The highest BCUT2D eigenvalue weighted by Gasteiger charge is 2.27. The van der Waals surface area contributed by atoms with Crippen molar-refractivity contribution >= 4 is 11.9 Å². The van der Waals surface area contributed by atoms with Gasteiger partial charge in [-0.3, -0.25) is 9.59 Å². The minimum Gasteiger partial charge on any atom is -0.434 e. The van der Waals surface area contributed by atoms with E-state index in [9.17, 15) is 9.59 Å². The molecule has 0 aromatic carbocycles. The molecule has 78 valence electrons. The van der Waals surface area contributed by atoms with Crippen LogP contribution in [0.5, 0.6) is 0 Å². The Bertz CT molecular complexity index is 210.